The maximum atomic E-state index is 11.7. The third kappa shape index (κ3) is 3.19. The lowest BCUT2D eigenvalue weighted by Crippen LogP contribution is -2.39. The normalized spacial score (nSPS) is 21.4. The van der Waals surface area contributed by atoms with Gasteiger partial charge in [-0.1, -0.05) is 6.07 Å². The van der Waals surface area contributed by atoms with Crippen LogP contribution in [0.1, 0.15) is 36.0 Å². The summed E-state index contributed by atoms with van der Waals surface area (Å²) in [6.07, 6.45) is 3.90. The fourth-order valence-corrected chi connectivity index (χ4v) is 3.12. The first kappa shape index (κ1) is 14.4. The van der Waals surface area contributed by atoms with Crippen molar-refractivity contribution in [1.82, 2.24) is 5.32 Å². The summed E-state index contributed by atoms with van der Waals surface area (Å²) in [4.78, 5) is 11.7. The summed E-state index contributed by atoms with van der Waals surface area (Å²) in [5.41, 5.74) is 1.67. The highest BCUT2D eigenvalue weighted by Crippen LogP contribution is 2.36. The van der Waals surface area contributed by atoms with Crippen LogP contribution in [0, 0.1) is 0 Å². The van der Waals surface area contributed by atoms with Crippen LogP contribution in [-0.4, -0.2) is 38.0 Å². The number of nitrogens with one attached hydrogen (secondary N) is 2. The van der Waals surface area contributed by atoms with E-state index in [4.69, 9.17) is 9.47 Å². The van der Waals surface area contributed by atoms with Crippen LogP contribution in [0.4, 0.5) is 5.69 Å². The van der Waals surface area contributed by atoms with Crippen LogP contribution in [0.25, 0.3) is 0 Å². The zero-order valence-electron chi connectivity index (χ0n) is 12.4. The van der Waals surface area contributed by atoms with Crippen LogP contribution in [0.5, 0.6) is 0 Å². The number of carbonyl (C=O) groups excluding carboxylic acids is 1. The van der Waals surface area contributed by atoms with Gasteiger partial charge in [0.05, 0.1) is 13.2 Å². The number of rotatable bonds is 3. The number of benzene rings is 1. The molecule has 1 aromatic carbocycles. The Morgan fingerprint density at radius 2 is 1.95 bits per heavy atom. The fraction of sp³-hybridized carbons (Fsp3) is 0.562. The second-order valence-electron chi connectivity index (χ2n) is 5.69. The Balaban J connectivity index is 1.59. The topological polar surface area (TPSA) is 59.6 Å². The minimum absolute atomic E-state index is 0.0611. The van der Waals surface area contributed by atoms with E-state index in [9.17, 15) is 4.79 Å². The Hall–Kier alpha value is -1.59. The second-order valence-corrected chi connectivity index (χ2v) is 5.69. The van der Waals surface area contributed by atoms with Crippen molar-refractivity contribution in [3.8, 4) is 0 Å². The first-order chi connectivity index (χ1) is 10.2. The number of amides is 1. The number of carbonyl (C=O) groups is 1. The molecule has 0 radical (unpaired) electrons. The lowest BCUT2D eigenvalue weighted by atomic mass is 9.90. The van der Waals surface area contributed by atoms with E-state index in [1.165, 1.54) is 0 Å². The molecule has 1 aromatic rings. The lowest BCUT2D eigenvalue weighted by molar-refractivity contribution is -0.177. The second kappa shape index (κ2) is 6.03. The molecule has 0 bridgehead atoms. The zero-order chi connectivity index (χ0) is 14.7. The molecule has 21 heavy (non-hydrogen) atoms. The Morgan fingerprint density at radius 3 is 2.62 bits per heavy atom. The van der Waals surface area contributed by atoms with Gasteiger partial charge < -0.3 is 20.1 Å². The average Bonchev–Trinajstić information content (AvgIpc) is 2.98. The third-order valence-electron chi connectivity index (χ3n) is 4.28. The summed E-state index contributed by atoms with van der Waals surface area (Å²) in [6.45, 7) is 1.43. The van der Waals surface area contributed by atoms with Crippen molar-refractivity contribution in [2.24, 2.45) is 0 Å². The molecule has 1 heterocycles. The van der Waals surface area contributed by atoms with Crippen LogP contribution < -0.4 is 10.6 Å². The van der Waals surface area contributed by atoms with Gasteiger partial charge in [0, 0.05) is 37.2 Å². The zero-order valence-corrected chi connectivity index (χ0v) is 12.4. The molecule has 0 unspecified atom stereocenters. The summed E-state index contributed by atoms with van der Waals surface area (Å²) >= 11 is 0. The minimum Gasteiger partial charge on any atom is -0.382 e. The van der Waals surface area contributed by atoms with E-state index in [0.29, 0.717) is 24.8 Å². The molecule has 114 valence electrons. The van der Waals surface area contributed by atoms with E-state index >= 15 is 0 Å². The molecule has 2 fully saturated rings. The van der Waals surface area contributed by atoms with Crippen molar-refractivity contribution in [1.29, 1.82) is 0 Å². The molecule has 0 aromatic heterocycles. The summed E-state index contributed by atoms with van der Waals surface area (Å²) in [6, 6.07) is 8.02. The molecule has 1 amide bonds. The summed E-state index contributed by atoms with van der Waals surface area (Å²) < 4.78 is 11.5. The Bertz CT molecular complexity index is 502. The van der Waals surface area contributed by atoms with Gasteiger partial charge in [-0.25, -0.2) is 0 Å². The summed E-state index contributed by atoms with van der Waals surface area (Å²) in [7, 11) is 1.64. The molecule has 2 N–H and O–H groups in total. The molecule has 1 spiro atoms. The van der Waals surface area contributed by atoms with E-state index in [0.717, 1.165) is 31.4 Å². The standard InChI is InChI=1S/C16H22N2O3/c1-17-15(19)12-3-2-4-14(11-12)18-13-5-7-16(8-6-13)20-9-10-21-16/h2-4,11,13,18H,5-10H2,1H3,(H,17,19). The van der Waals surface area contributed by atoms with Gasteiger partial charge in [0.25, 0.3) is 5.91 Å². The number of anilines is 1. The molecule has 5 nitrogen and oxygen atoms in total. The van der Waals surface area contributed by atoms with Gasteiger partial charge >= 0.3 is 0 Å². The van der Waals surface area contributed by atoms with Crippen molar-refractivity contribution in [2.45, 2.75) is 37.5 Å². The van der Waals surface area contributed by atoms with Crippen LogP contribution >= 0.6 is 0 Å². The highest BCUT2D eigenvalue weighted by Gasteiger charge is 2.40. The molecule has 1 aliphatic heterocycles. The van der Waals surface area contributed by atoms with Crippen molar-refractivity contribution in [3.05, 3.63) is 29.8 Å². The average molecular weight is 290 g/mol. The number of hydrogen-bond donors (Lipinski definition) is 2. The molecule has 1 aliphatic carbocycles. The predicted molar refractivity (Wildman–Crippen MR) is 80.3 cm³/mol. The van der Waals surface area contributed by atoms with E-state index < -0.39 is 0 Å². The number of ether oxygens (including phenoxy) is 2. The van der Waals surface area contributed by atoms with Crippen LogP contribution in [0.15, 0.2) is 24.3 Å². The maximum Gasteiger partial charge on any atom is 0.251 e. The van der Waals surface area contributed by atoms with Crippen molar-refractivity contribution >= 4 is 11.6 Å². The van der Waals surface area contributed by atoms with Gasteiger partial charge in [-0.05, 0) is 31.0 Å². The van der Waals surface area contributed by atoms with E-state index in [1.54, 1.807) is 7.05 Å². The Kier molecular flexibility index (Phi) is 4.12. The molecule has 1 saturated heterocycles. The lowest BCUT2D eigenvalue weighted by Gasteiger charge is -2.36. The van der Waals surface area contributed by atoms with E-state index in [1.807, 2.05) is 24.3 Å². The molecule has 3 rings (SSSR count). The summed E-state index contributed by atoms with van der Waals surface area (Å²) in [5.74, 6) is -0.378. The third-order valence-corrected chi connectivity index (χ3v) is 4.28. The quantitative estimate of drug-likeness (QED) is 0.895. The van der Waals surface area contributed by atoms with Crippen LogP contribution in [0.2, 0.25) is 0 Å². The van der Waals surface area contributed by atoms with E-state index in [-0.39, 0.29) is 11.7 Å². The van der Waals surface area contributed by atoms with Crippen molar-refractivity contribution in [2.75, 3.05) is 25.6 Å². The largest absolute Gasteiger partial charge is 0.382 e. The predicted octanol–water partition coefficient (Wildman–Crippen LogP) is 2.14. The molecular formula is C16H22N2O3. The highest BCUT2D eigenvalue weighted by atomic mass is 16.7. The first-order valence-corrected chi connectivity index (χ1v) is 7.57. The van der Waals surface area contributed by atoms with Crippen LogP contribution in [0.3, 0.4) is 0 Å². The van der Waals surface area contributed by atoms with Gasteiger partial charge in [0.2, 0.25) is 0 Å². The van der Waals surface area contributed by atoms with E-state index in [2.05, 4.69) is 10.6 Å². The number of hydrogen-bond acceptors (Lipinski definition) is 4. The van der Waals surface area contributed by atoms with Gasteiger partial charge in [-0.2, -0.15) is 0 Å². The summed E-state index contributed by atoms with van der Waals surface area (Å²) in [5, 5.41) is 6.16. The first-order valence-electron chi connectivity index (χ1n) is 7.57. The Morgan fingerprint density at radius 1 is 1.24 bits per heavy atom. The molecule has 0 atom stereocenters. The Labute approximate surface area is 125 Å². The van der Waals surface area contributed by atoms with Gasteiger partial charge in [0.15, 0.2) is 5.79 Å². The molecular weight excluding hydrogens is 268 g/mol. The maximum absolute atomic E-state index is 11.7. The van der Waals surface area contributed by atoms with Gasteiger partial charge in [0.1, 0.15) is 0 Å². The molecule has 5 heteroatoms. The van der Waals surface area contributed by atoms with Crippen molar-refractivity contribution in [3.63, 3.8) is 0 Å². The molecule has 2 aliphatic rings. The van der Waals surface area contributed by atoms with Gasteiger partial charge in [-0.3, -0.25) is 4.79 Å². The van der Waals surface area contributed by atoms with Gasteiger partial charge in [-0.15, -0.1) is 0 Å². The highest BCUT2D eigenvalue weighted by molar-refractivity contribution is 5.94. The monoisotopic (exact) mass is 290 g/mol. The minimum atomic E-state index is -0.317. The SMILES string of the molecule is CNC(=O)c1cccc(NC2CCC3(CC2)OCCO3)c1. The van der Waals surface area contributed by atoms with Crippen LogP contribution in [-0.2, 0) is 9.47 Å². The smallest absolute Gasteiger partial charge is 0.251 e. The molecule has 1 saturated carbocycles. The fourth-order valence-electron chi connectivity index (χ4n) is 3.12. The van der Waals surface area contributed by atoms with Crippen molar-refractivity contribution < 1.29 is 14.3 Å².